The second-order valence-electron chi connectivity index (χ2n) is 5.58. The number of furan rings is 1. The van der Waals surface area contributed by atoms with E-state index in [0.29, 0.717) is 16.6 Å². The molecule has 0 aliphatic heterocycles. The van der Waals surface area contributed by atoms with E-state index < -0.39 is 6.36 Å². The molecule has 0 unspecified atom stereocenters. The van der Waals surface area contributed by atoms with Gasteiger partial charge in [-0.15, -0.1) is 13.2 Å². The van der Waals surface area contributed by atoms with Gasteiger partial charge in [-0.05, 0) is 30.7 Å². The van der Waals surface area contributed by atoms with Crippen LogP contribution in [0.4, 0.5) is 18.3 Å². The van der Waals surface area contributed by atoms with Gasteiger partial charge >= 0.3 is 6.36 Å². The molecule has 3 aromatic rings. The first-order valence-electron chi connectivity index (χ1n) is 8.08. The third kappa shape index (κ3) is 5.46. The van der Waals surface area contributed by atoms with Crippen LogP contribution < -0.4 is 15.4 Å². The molecule has 0 aliphatic carbocycles. The Morgan fingerprint density at radius 1 is 1.25 bits per heavy atom. The molecule has 0 saturated carbocycles. The standard InChI is InChI=1S/C17H14F3N3O4S/c18-17(19,20)27-10-5-6-11-13(9-10)28-16(22-11)23-14(24)4-1-7-21-15(25)12-3-2-8-26-12/h2-3,5-6,8-9H,1,4,7H2,(H,21,25)(H,22,23,24). The average Bonchev–Trinajstić information content (AvgIpc) is 3.26. The van der Waals surface area contributed by atoms with Crippen LogP contribution in [0.15, 0.2) is 41.0 Å². The van der Waals surface area contributed by atoms with Crippen molar-refractivity contribution < 1.29 is 31.9 Å². The number of halogens is 3. The Hall–Kier alpha value is -3.08. The van der Waals surface area contributed by atoms with E-state index in [0.717, 1.165) is 17.4 Å². The highest BCUT2D eigenvalue weighted by molar-refractivity contribution is 7.22. The van der Waals surface area contributed by atoms with E-state index in [4.69, 9.17) is 4.42 Å². The van der Waals surface area contributed by atoms with Crippen LogP contribution in [-0.2, 0) is 4.79 Å². The van der Waals surface area contributed by atoms with Crippen molar-refractivity contribution in [3.63, 3.8) is 0 Å². The number of nitrogens with zero attached hydrogens (tertiary/aromatic N) is 1. The first-order chi connectivity index (χ1) is 13.3. The van der Waals surface area contributed by atoms with E-state index in [1.807, 2.05) is 0 Å². The molecule has 0 aliphatic rings. The number of aromatic nitrogens is 1. The topological polar surface area (TPSA) is 93.5 Å². The summed E-state index contributed by atoms with van der Waals surface area (Å²) in [5.74, 6) is -0.854. The number of thiazole rings is 1. The van der Waals surface area contributed by atoms with Crippen LogP contribution in [0.3, 0.4) is 0 Å². The van der Waals surface area contributed by atoms with Crippen LogP contribution in [-0.4, -0.2) is 29.7 Å². The summed E-state index contributed by atoms with van der Waals surface area (Å²) in [5, 5.41) is 5.48. The van der Waals surface area contributed by atoms with Gasteiger partial charge < -0.3 is 19.8 Å². The van der Waals surface area contributed by atoms with Crippen LogP contribution >= 0.6 is 11.3 Å². The fourth-order valence-corrected chi connectivity index (χ4v) is 3.19. The molecule has 28 heavy (non-hydrogen) atoms. The molecular formula is C17H14F3N3O4S. The van der Waals surface area contributed by atoms with E-state index in [-0.39, 0.29) is 41.4 Å². The Morgan fingerprint density at radius 2 is 2.07 bits per heavy atom. The lowest BCUT2D eigenvalue weighted by Gasteiger charge is -2.07. The smallest absolute Gasteiger partial charge is 0.459 e. The minimum Gasteiger partial charge on any atom is -0.459 e. The van der Waals surface area contributed by atoms with Gasteiger partial charge in [0.1, 0.15) is 5.75 Å². The fraction of sp³-hybridized carbons (Fsp3) is 0.235. The number of hydrogen-bond acceptors (Lipinski definition) is 6. The minimum absolute atomic E-state index is 0.136. The molecular weight excluding hydrogens is 399 g/mol. The van der Waals surface area contributed by atoms with Gasteiger partial charge in [0.2, 0.25) is 5.91 Å². The van der Waals surface area contributed by atoms with Crippen molar-refractivity contribution >= 4 is 38.5 Å². The van der Waals surface area contributed by atoms with Crippen LogP contribution in [0, 0.1) is 0 Å². The third-order valence-corrected chi connectivity index (χ3v) is 4.38. The number of carbonyl (C=O) groups is 2. The average molecular weight is 413 g/mol. The normalized spacial score (nSPS) is 11.4. The molecule has 2 heterocycles. The lowest BCUT2D eigenvalue weighted by Crippen LogP contribution is -2.25. The van der Waals surface area contributed by atoms with E-state index in [9.17, 15) is 22.8 Å². The summed E-state index contributed by atoms with van der Waals surface area (Å²) < 4.78 is 46.1. The second-order valence-corrected chi connectivity index (χ2v) is 6.61. The van der Waals surface area contributed by atoms with Gasteiger partial charge in [-0.3, -0.25) is 9.59 Å². The SMILES string of the molecule is O=C(CCCNC(=O)c1ccco1)Nc1nc2ccc(OC(F)(F)F)cc2s1. The summed E-state index contributed by atoms with van der Waals surface area (Å²) in [4.78, 5) is 27.8. The van der Waals surface area contributed by atoms with E-state index in [2.05, 4.69) is 20.4 Å². The molecule has 2 aromatic heterocycles. The third-order valence-electron chi connectivity index (χ3n) is 3.45. The number of fused-ring (bicyclic) bond motifs is 1. The van der Waals surface area contributed by atoms with Crippen molar-refractivity contribution in [3.05, 3.63) is 42.4 Å². The number of hydrogen-bond donors (Lipinski definition) is 2. The summed E-state index contributed by atoms with van der Waals surface area (Å²) in [5.41, 5.74) is 0.445. The molecule has 0 atom stereocenters. The second kappa shape index (κ2) is 8.30. The van der Waals surface area contributed by atoms with Gasteiger partial charge in [0.05, 0.1) is 16.5 Å². The Balaban J connectivity index is 1.48. The van der Waals surface area contributed by atoms with Gasteiger partial charge in [-0.25, -0.2) is 4.98 Å². The molecule has 0 saturated heterocycles. The van der Waals surface area contributed by atoms with Crippen LogP contribution in [0.5, 0.6) is 5.75 Å². The first-order valence-corrected chi connectivity index (χ1v) is 8.90. The Bertz CT molecular complexity index is 970. The molecule has 3 rings (SSSR count). The van der Waals surface area contributed by atoms with Gasteiger partial charge in [-0.1, -0.05) is 11.3 Å². The molecule has 0 bridgehead atoms. The van der Waals surface area contributed by atoms with Crippen LogP contribution in [0.2, 0.25) is 0 Å². The van der Waals surface area contributed by atoms with Crippen molar-refractivity contribution in [2.75, 3.05) is 11.9 Å². The number of nitrogens with one attached hydrogen (secondary N) is 2. The molecule has 148 valence electrons. The van der Waals surface area contributed by atoms with Crippen LogP contribution in [0.1, 0.15) is 23.4 Å². The van der Waals surface area contributed by atoms with Crippen molar-refractivity contribution in [2.24, 2.45) is 0 Å². The predicted octanol–water partition coefficient (Wildman–Crippen LogP) is 3.94. The highest BCUT2D eigenvalue weighted by Crippen LogP contribution is 2.31. The van der Waals surface area contributed by atoms with Gasteiger partial charge in [0, 0.05) is 19.0 Å². The summed E-state index contributed by atoms with van der Waals surface area (Å²) in [6.07, 6.45) is -2.86. The summed E-state index contributed by atoms with van der Waals surface area (Å²) in [7, 11) is 0. The maximum absolute atomic E-state index is 12.3. The van der Waals surface area contributed by atoms with Crippen molar-refractivity contribution in [1.82, 2.24) is 10.3 Å². The molecule has 0 spiro atoms. The maximum Gasteiger partial charge on any atom is 0.573 e. The lowest BCUT2D eigenvalue weighted by molar-refractivity contribution is -0.274. The lowest BCUT2D eigenvalue weighted by atomic mass is 10.3. The van der Waals surface area contributed by atoms with Gasteiger partial charge in [-0.2, -0.15) is 0 Å². The number of rotatable bonds is 7. The Labute approximate surface area is 160 Å². The number of carbonyl (C=O) groups excluding carboxylic acids is 2. The molecule has 7 nitrogen and oxygen atoms in total. The number of anilines is 1. The minimum atomic E-state index is -4.78. The zero-order valence-electron chi connectivity index (χ0n) is 14.2. The molecule has 2 amide bonds. The quantitative estimate of drug-likeness (QED) is 0.573. The number of alkyl halides is 3. The highest BCUT2D eigenvalue weighted by atomic mass is 32.1. The van der Waals surface area contributed by atoms with Crippen molar-refractivity contribution in [2.45, 2.75) is 19.2 Å². The van der Waals surface area contributed by atoms with Crippen molar-refractivity contribution in [3.8, 4) is 5.75 Å². The summed E-state index contributed by atoms with van der Waals surface area (Å²) >= 11 is 1.04. The zero-order valence-corrected chi connectivity index (χ0v) is 15.0. The molecule has 2 N–H and O–H groups in total. The molecule has 0 radical (unpaired) electrons. The highest BCUT2D eigenvalue weighted by Gasteiger charge is 2.31. The van der Waals surface area contributed by atoms with Gasteiger partial charge in [0.15, 0.2) is 10.9 Å². The predicted molar refractivity (Wildman–Crippen MR) is 95.2 cm³/mol. The summed E-state index contributed by atoms with van der Waals surface area (Å²) in [6.45, 7) is 0.283. The monoisotopic (exact) mass is 413 g/mol. The largest absolute Gasteiger partial charge is 0.573 e. The number of benzene rings is 1. The van der Waals surface area contributed by atoms with Gasteiger partial charge in [0.25, 0.3) is 5.91 Å². The van der Waals surface area contributed by atoms with E-state index in [1.54, 1.807) is 6.07 Å². The Kier molecular flexibility index (Phi) is 5.83. The molecule has 0 fully saturated rings. The number of ether oxygens (including phenoxy) is 1. The first kappa shape index (κ1) is 19.7. The van der Waals surface area contributed by atoms with E-state index in [1.165, 1.54) is 24.5 Å². The maximum atomic E-state index is 12.3. The Morgan fingerprint density at radius 3 is 2.79 bits per heavy atom. The molecule has 1 aromatic carbocycles. The van der Waals surface area contributed by atoms with Crippen LogP contribution in [0.25, 0.3) is 10.2 Å². The van der Waals surface area contributed by atoms with E-state index >= 15 is 0 Å². The number of amides is 2. The molecule has 11 heteroatoms. The fourth-order valence-electron chi connectivity index (χ4n) is 2.28. The zero-order chi connectivity index (χ0) is 20.1. The van der Waals surface area contributed by atoms with Crippen molar-refractivity contribution in [1.29, 1.82) is 0 Å². The summed E-state index contributed by atoms with van der Waals surface area (Å²) in [6, 6.07) is 6.87.